The van der Waals surface area contributed by atoms with E-state index in [-0.39, 0.29) is 75.7 Å². The highest BCUT2D eigenvalue weighted by molar-refractivity contribution is 6.12. The fraction of sp³-hybridized carbons (Fsp3) is 0.298. The van der Waals surface area contributed by atoms with Crippen molar-refractivity contribution in [3.05, 3.63) is 151 Å². The molecule has 0 fully saturated rings. The fourth-order valence-corrected chi connectivity index (χ4v) is 8.93. The number of carbonyl (C=O) groups is 7. The maximum absolute atomic E-state index is 14.4. The number of primary amides is 1. The number of hydrogen-bond donors (Lipinski definition) is 6. The van der Waals surface area contributed by atoms with Gasteiger partial charge in [0.2, 0.25) is 17.7 Å². The van der Waals surface area contributed by atoms with Crippen LogP contribution in [0.2, 0.25) is 0 Å². The quantitative estimate of drug-likeness (QED) is 0.0268. The van der Waals surface area contributed by atoms with Gasteiger partial charge in [0.1, 0.15) is 36.5 Å². The summed E-state index contributed by atoms with van der Waals surface area (Å²) in [5.41, 5.74) is 13.0. The van der Waals surface area contributed by atoms with Gasteiger partial charge in [0, 0.05) is 72.8 Å². The van der Waals surface area contributed by atoms with Crippen LogP contribution in [0.4, 0.5) is 15.3 Å². The Balaban J connectivity index is 0.939. The first-order valence-electron chi connectivity index (χ1n) is 26.0. The molecule has 0 unspecified atom stereocenters. The third kappa shape index (κ3) is 15.1. The number of rotatable bonds is 25. The molecule has 2 atom stereocenters. The van der Waals surface area contributed by atoms with Crippen LogP contribution in [0.5, 0.6) is 0 Å². The Morgan fingerprint density at radius 2 is 1.61 bits per heavy atom. The largest absolute Gasteiger partial charge is 0.445 e. The number of anilines is 1. The van der Waals surface area contributed by atoms with Crippen molar-refractivity contribution < 1.29 is 38.3 Å². The monoisotopic (exact) mass is 1070 g/mol. The Bertz CT molecular complexity index is 3320. The first-order valence-corrected chi connectivity index (χ1v) is 26.0. The Kier molecular flexibility index (Phi) is 18.6. The Morgan fingerprint density at radius 1 is 0.810 bits per heavy atom. The van der Waals surface area contributed by atoms with Crippen LogP contribution in [0.3, 0.4) is 0 Å². The summed E-state index contributed by atoms with van der Waals surface area (Å²) >= 11 is 0. The minimum Gasteiger partial charge on any atom is -0.445 e. The summed E-state index contributed by atoms with van der Waals surface area (Å²) in [6.45, 7) is 5.88. The molecule has 0 saturated carbocycles. The third-order valence-electron chi connectivity index (χ3n) is 13.0. The van der Waals surface area contributed by atoms with Crippen LogP contribution in [-0.4, -0.2) is 111 Å². The number of ether oxygens (including phenoxy) is 1. The normalized spacial score (nSPS) is 12.8. The van der Waals surface area contributed by atoms with Gasteiger partial charge in [-0.15, -0.1) is 0 Å². The zero-order chi connectivity index (χ0) is 55.8. The van der Waals surface area contributed by atoms with Gasteiger partial charge in [0.25, 0.3) is 11.8 Å². The van der Waals surface area contributed by atoms with E-state index in [0.717, 1.165) is 32.8 Å². The number of imide groups is 1. The number of H-pyrrole nitrogens is 1. The van der Waals surface area contributed by atoms with E-state index in [0.29, 0.717) is 59.1 Å². The maximum Gasteiger partial charge on any atom is 0.410 e. The second kappa shape index (κ2) is 26.4. The molecular weight excluding hydrogens is 1010 g/mol. The van der Waals surface area contributed by atoms with Crippen LogP contribution >= 0.6 is 0 Å². The highest BCUT2D eigenvalue weighted by Gasteiger charge is 2.30. The van der Waals surface area contributed by atoms with Gasteiger partial charge < -0.3 is 36.7 Å². The van der Waals surface area contributed by atoms with Crippen molar-refractivity contribution in [1.82, 2.24) is 60.3 Å². The van der Waals surface area contributed by atoms with Gasteiger partial charge in [-0.1, -0.05) is 68.8 Å². The zero-order valence-corrected chi connectivity index (χ0v) is 44.1. The van der Waals surface area contributed by atoms with Gasteiger partial charge in [0.05, 0.1) is 24.5 Å². The smallest absolute Gasteiger partial charge is 0.410 e. The van der Waals surface area contributed by atoms with Crippen LogP contribution in [-0.2, 0) is 48.4 Å². The fourth-order valence-electron chi connectivity index (χ4n) is 8.93. The molecule has 22 heteroatoms. The lowest BCUT2D eigenvalue weighted by molar-refractivity contribution is -0.137. The van der Waals surface area contributed by atoms with E-state index >= 15 is 0 Å². The van der Waals surface area contributed by atoms with Crippen molar-refractivity contribution in [3.63, 3.8) is 0 Å². The number of pyridine rings is 3. The number of nitrogens with two attached hydrogens (primary N) is 1. The lowest BCUT2D eigenvalue weighted by atomic mass is 10.0. The third-order valence-corrected chi connectivity index (χ3v) is 13.0. The molecule has 408 valence electrons. The number of unbranched alkanes of at least 4 members (excludes halogenated alkanes) is 2. The van der Waals surface area contributed by atoms with Gasteiger partial charge in [-0.2, -0.15) is 5.10 Å². The highest BCUT2D eigenvalue weighted by Crippen LogP contribution is 2.31. The summed E-state index contributed by atoms with van der Waals surface area (Å²) in [5, 5.41) is 15.2. The number of urea groups is 1. The van der Waals surface area contributed by atoms with Gasteiger partial charge >= 0.3 is 12.1 Å². The first kappa shape index (κ1) is 55.6. The van der Waals surface area contributed by atoms with Crippen LogP contribution in [0, 0.1) is 12.8 Å². The van der Waals surface area contributed by atoms with Crippen molar-refractivity contribution in [3.8, 4) is 33.8 Å². The number of benzene rings is 2. The molecule has 22 nitrogen and oxygen atoms in total. The topological polar surface area (TPSA) is 294 Å². The number of nitrogens with zero attached hydrogens (tertiary/aromatic N) is 8. The molecule has 2 aromatic carbocycles. The SMILES string of the molecule is Cc1cccc(-c2nc(CN(Cc3ccccc3-c3cccnc3)C(=O)OCc3ccc(NC(=O)[C@H](CCCNC(N)=O)NC(=O)[C@@H](NC(=O)CCCCCN4C(=O)C=CC4=O)C(C)C)cc3)[nH]c2-c2ccc3ncnn3c2)n1. The molecule has 0 bridgehead atoms. The molecule has 5 aromatic heterocycles. The zero-order valence-electron chi connectivity index (χ0n) is 44.1. The van der Waals surface area contributed by atoms with Crippen LogP contribution in [0.1, 0.15) is 75.0 Å². The van der Waals surface area contributed by atoms with E-state index in [1.807, 2.05) is 79.9 Å². The second-order valence-corrected chi connectivity index (χ2v) is 19.3. The minimum absolute atomic E-state index is 0.0171. The van der Waals surface area contributed by atoms with Gasteiger partial charge in [-0.3, -0.25) is 43.7 Å². The van der Waals surface area contributed by atoms with Crippen molar-refractivity contribution >= 4 is 53.0 Å². The van der Waals surface area contributed by atoms with Crippen LogP contribution < -0.4 is 27.0 Å². The summed E-state index contributed by atoms with van der Waals surface area (Å²) in [5.74, 6) is -2.08. The second-order valence-electron chi connectivity index (χ2n) is 19.3. The number of hydrogen-bond acceptors (Lipinski definition) is 13. The Hall–Kier alpha value is -9.60. The molecule has 0 saturated heterocycles. The summed E-state index contributed by atoms with van der Waals surface area (Å²) < 4.78 is 7.69. The first-order chi connectivity index (χ1) is 38.2. The number of aromatic amines is 1. The molecule has 8 rings (SSSR count). The lowest BCUT2D eigenvalue weighted by Crippen LogP contribution is -2.54. The summed E-state index contributed by atoms with van der Waals surface area (Å²) in [4.78, 5) is 115. The lowest BCUT2D eigenvalue weighted by Gasteiger charge is -2.25. The average Bonchev–Trinajstić information content (AvgIpc) is 4.34. The average molecular weight is 1070 g/mol. The number of amides is 8. The molecule has 1 aliphatic rings. The predicted molar refractivity (Wildman–Crippen MR) is 293 cm³/mol. The number of aryl methyl sites for hydroxylation is 1. The molecule has 1 aliphatic heterocycles. The standard InChI is InChI=1S/C57H62N14O8/c1-36(2)51(68-48(72)18-5-4-8-29-70-49(73)25-26-50(70)74)55(76)65-45(17-11-28-60-56(58)77)54(75)64-42-22-19-38(20-23-42)34-79-57(78)69(31-40-13-6-7-15-43(40)39-14-10-27-59-30-39)33-46-66-52(41-21-24-47-61-35-62-71(47)32-41)53(67-46)44-16-9-12-37(3)63-44/h6-7,9-10,12-16,19-27,30,32,35-36,45,51H,4-5,8,11,17-18,28-29,31,33-34H2,1-3H3,(H,64,75)(H,65,76)(H,66,67)(H,68,72)(H3,58,60,77)/t45-,51-/m0/s1. The summed E-state index contributed by atoms with van der Waals surface area (Å²) in [6.07, 6.45) is 10.7. The molecular formula is C57H62N14O8. The van der Waals surface area contributed by atoms with Gasteiger partial charge in [-0.25, -0.2) is 24.1 Å². The van der Waals surface area contributed by atoms with Gasteiger partial charge in [-0.05, 0) is 97.7 Å². The number of fused-ring (bicyclic) bond motifs is 1. The van der Waals surface area contributed by atoms with E-state index in [4.69, 9.17) is 20.4 Å². The van der Waals surface area contributed by atoms with Crippen LogP contribution in [0.25, 0.3) is 39.4 Å². The molecule has 7 aromatic rings. The van der Waals surface area contributed by atoms with E-state index < -0.39 is 36.0 Å². The summed E-state index contributed by atoms with van der Waals surface area (Å²) in [6, 6.07) is 25.0. The van der Waals surface area contributed by atoms with E-state index in [1.165, 1.54) is 18.5 Å². The Labute approximate surface area is 455 Å². The number of carbonyl (C=O) groups excluding carboxylic acids is 7. The van der Waals surface area contributed by atoms with E-state index in [2.05, 4.69) is 41.3 Å². The molecule has 6 heterocycles. The maximum atomic E-state index is 14.4. The number of aromatic nitrogens is 7. The molecule has 0 radical (unpaired) electrons. The molecule has 7 N–H and O–H groups in total. The minimum atomic E-state index is -1.08. The van der Waals surface area contributed by atoms with Crippen LogP contribution in [0.15, 0.2) is 128 Å². The number of imidazole rings is 1. The molecule has 0 spiro atoms. The summed E-state index contributed by atoms with van der Waals surface area (Å²) in [7, 11) is 0. The number of nitrogens with one attached hydrogen (secondary N) is 5. The van der Waals surface area contributed by atoms with Crippen molar-refractivity contribution in [1.29, 1.82) is 0 Å². The molecule has 79 heavy (non-hydrogen) atoms. The van der Waals surface area contributed by atoms with Crippen molar-refractivity contribution in [2.24, 2.45) is 11.7 Å². The predicted octanol–water partition coefficient (Wildman–Crippen LogP) is 6.39. The van der Waals surface area contributed by atoms with E-state index in [1.54, 1.807) is 59.9 Å². The van der Waals surface area contributed by atoms with Crippen molar-refractivity contribution in [2.75, 3.05) is 18.4 Å². The molecule has 0 aliphatic carbocycles. The highest BCUT2D eigenvalue weighted by atomic mass is 16.6. The van der Waals surface area contributed by atoms with E-state index in [9.17, 15) is 33.6 Å². The molecule has 8 amide bonds. The van der Waals surface area contributed by atoms with Crippen molar-refractivity contribution in [2.45, 2.75) is 91.1 Å². The Morgan fingerprint density at radius 3 is 2.35 bits per heavy atom. The van der Waals surface area contributed by atoms with Gasteiger partial charge in [0.15, 0.2) is 5.65 Å².